The Balaban J connectivity index is 1.72. The van der Waals surface area contributed by atoms with E-state index in [0.29, 0.717) is 0 Å². The maximum Gasteiger partial charge on any atom is 0.263 e. The van der Waals surface area contributed by atoms with Crippen molar-refractivity contribution >= 4 is 17.8 Å². The fourth-order valence-electron chi connectivity index (χ4n) is 3.29. The van der Waals surface area contributed by atoms with E-state index < -0.39 is 11.4 Å². The van der Waals surface area contributed by atoms with E-state index in [1.54, 1.807) is 0 Å². The Kier molecular flexibility index (Phi) is 3.40. The minimum absolute atomic E-state index is 0.0916. The number of carbonyl (C=O) groups is 2. The van der Waals surface area contributed by atoms with Gasteiger partial charge in [0.25, 0.3) is 5.91 Å². The number of guanidine groups is 1. The van der Waals surface area contributed by atoms with Crippen molar-refractivity contribution in [2.45, 2.75) is 5.54 Å². The van der Waals surface area contributed by atoms with Gasteiger partial charge in [0.05, 0.1) is 6.54 Å². The number of nitrogens with two attached hydrogens (primary N) is 1. The molecule has 0 bridgehead atoms. The summed E-state index contributed by atoms with van der Waals surface area (Å²) in [7, 11) is 0. The maximum absolute atomic E-state index is 13.0. The van der Waals surface area contributed by atoms with Crippen molar-refractivity contribution in [1.82, 2.24) is 21.6 Å². The van der Waals surface area contributed by atoms with Gasteiger partial charge in [0.1, 0.15) is 0 Å². The first kappa shape index (κ1) is 15.2. The smallest absolute Gasteiger partial charge is 0.263 e. The van der Waals surface area contributed by atoms with Crippen LogP contribution in [-0.2, 0) is 15.1 Å². The number of hydrazine groups is 1. The Hall–Kier alpha value is -3.39. The number of rotatable bonds is 3. The minimum atomic E-state index is -1.08. The van der Waals surface area contributed by atoms with Crippen LogP contribution in [0.1, 0.15) is 11.1 Å². The summed E-state index contributed by atoms with van der Waals surface area (Å²) in [5.41, 5.74) is 15.9. The van der Waals surface area contributed by atoms with Gasteiger partial charge in [-0.1, -0.05) is 48.5 Å². The number of primary amides is 1. The highest BCUT2D eigenvalue weighted by Crippen LogP contribution is 2.47. The summed E-state index contributed by atoms with van der Waals surface area (Å²) in [6.07, 6.45) is 0. The van der Waals surface area contributed by atoms with Crippen molar-refractivity contribution in [3.05, 3.63) is 59.7 Å². The fourth-order valence-corrected chi connectivity index (χ4v) is 3.29. The predicted molar refractivity (Wildman–Crippen MR) is 91.7 cm³/mol. The van der Waals surface area contributed by atoms with Crippen molar-refractivity contribution in [2.24, 2.45) is 10.8 Å². The van der Waals surface area contributed by atoms with Gasteiger partial charge >= 0.3 is 0 Å². The van der Waals surface area contributed by atoms with E-state index in [0.717, 1.165) is 22.3 Å². The standard InChI is InChI=1S/C17H16N6O2/c18-14(24)9-19-21-16-20-15(25)17(23-22-16)12-7-3-1-5-10(12)11-6-2-4-8-13(11)17/h1-8,19,23H,9H2,(H2,18,24)(H2,20,21,22,25). The van der Waals surface area contributed by atoms with Crippen LogP contribution >= 0.6 is 0 Å². The average molecular weight is 336 g/mol. The van der Waals surface area contributed by atoms with Gasteiger partial charge < -0.3 is 5.73 Å². The molecule has 0 saturated carbocycles. The molecule has 0 fully saturated rings. The van der Waals surface area contributed by atoms with Crippen LogP contribution in [0.2, 0.25) is 0 Å². The summed E-state index contributed by atoms with van der Waals surface area (Å²) in [6, 6.07) is 15.5. The molecule has 0 saturated heterocycles. The van der Waals surface area contributed by atoms with Crippen molar-refractivity contribution in [3.8, 4) is 11.1 Å². The van der Waals surface area contributed by atoms with Gasteiger partial charge in [0, 0.05) is 11.1 Å². The number of hydrogen-bond acceptors (Lipinski definition) is 6. The Labute approximate surface area is 143 Å². The zero-order valence-corrected chi connectivity index (χ0v) is 13.2. The van der Waals surface area contributed by atoms with Crippen LogP contribution in [0.15, 0.2) is 53.6 Å². The molecule has 25 heavy (non-hydrogen) atoms. The number of benzene rings is 2. The van der Waals surface area contributed by atoms with Crippen LogP contribution in [0.3, 0.4) is 0 Å². The number of amides is 2. The lowest BCUT2D eigenvalue weighted by atomic mass is 9.87. The SMILES string of the molecule is NC(=O)CNNC1=NNC2(C(=O)N1)c1ccccc1-c1ccccc12. The van der Waals surface area contributed by atoms with Crippen LogP contribution < -0.4 is 27.3 Å². The normalized spacial score (nSPS) is 16.3. The number of hydrazone groups is 1. The number of hydrogen-bond donors (Lipinski definition) is 5. The third-order valence-corrected chi connectivity index (χ3v) is 4.33. The largest absolute Gasteiger partial charge is 0.369 e. The van der Waals surface area contributed by atoms with E-state index in [9.17, 15) is 9.59 Å². The first-order valence-corrected chi connectivity index (χ1v) is 7.76. The molecule has 2 amide bonds. The van der Waals surface area contributed by atoms with Crippen LogP contribution in [0.25, 0.3) is 11.1 Å². The number of nitrogens with one attached hydrogen (secondary N) is 4. The third-order valence-electron chi connectivity index (χ3n) is 4.33. The second kappa shape index (κ2) is 5.60. The van der Waals surface area contributed by atoms with Gasteiger partial charge in [-0.15, -0.1) is 5.10 Å². The Morgan fingerprint density at radius 2 is 1.68 bits per heavy atom. The molecular formula is C17H16N6O2. The molecule has 1 aliphatic heterocycles. The van der Waals surface area contributed by atoms with E-state index in [-0.39, 0.29) is 18.4 Å². The zero-order valence-electron chi connectivity index (χ0n) is 13.2. The highest BCUT2D eigenvalue weighted by atomic mass is 16.2. The van der Waals surface area contributed by atoms with Crippen molar-refractivity contribution in [1.29, 1.82) is 0 Å². The maximum atomic E-state index is 13.0. The van der Waals surface area contributed by atoms with Gasteiger partial charge in [0.15, 0.2) is 5.54 Å². The lowest BCUT2D eigenvalue weighted by Crippen LogP contribution is -2.62. The highest BCUT2D eigenvalue weighted by molar-refractivity contribution is 6.08. The highest BCUT2D eigenvalue weighted by Gasteiger charge is 2.51. The van der Waals surface area contributed by atoms with E-state index >= 15 is 0 Å². The van der Waals surface area contributed by atoms with Crippen LogP contribution in [-0.4, -0.2) is 24.3 Å². The van der Waals surface area contributed by atoms with Crippen LogP contribution in [0.5, 0.6) is 0 Å². The van der Waals surface area contributed by atoms with E-state index in [1.165, 1.54) is 0 Å². The molecule has 4 rings (SSSR count). The first-order chi connectivity index (χ1) is 12.1. The number of carbonyl (C=O) groups excluding carboxylic acids is 2. The molecule has 1 spiro atoms. The molecule has 2 aliphatic rings. The van der Waals surface area contributed by atoms with Gasteiger partial charge in [0.2, 0.25) is 11.9 Å². The van der Waals surface area contributed by atoms with Gasteiger partial charge in [-0.25, -0.2) is 5.43 Å². The second-order valence-corrected chi connectivity index (χ2v) is 5.81. The predicted octanol–water partition coefficient (Wildman–Crippen LogP) is -0.519. The molecule has 1 heterocycles. The second-order valence-electron chi connectivity index (χ2n) is 5.81. The zero-order chi connectivity index (χ0) is 17.4. The molecule has 0 unspecified atom stereocenters. The number of nitrogens with zero attached hydrogens (tertiary/aromatic N) is 1. The molecule has 2 aromatic carbocycles. The molecule has 126 valence electrons. The summed E-state index contributed by atoms with van der Waals surface area (Å²) >= 11 is 0. The lowest BCUT2D eigenvalue weighted by molar-refractivity contribution is -0.125. The number of fused-ring (bicyclic) bond motifs is 5. The fraction of sp³-hybridized carbons (Fsp3) is 0.118. The van der Waals surface area contributed by atoms with Crippen molar-refractivity contribution < 1.29 is 9.59 Å². The summed E-state index contributed by atoms with van der Waals surface area (Å²) in [6.45, 7) is -0.0916. The first-order valence-electron chi connectivity index (χ1n) is 7.76. The molecule has 2 aromatic rings. The molecule has 1 aliphatic carbocycles. The summed E-state index contributed by atoms with van der Waals surface area (Å²) in [5, 5.41) is 6.95. The average Bonchev–Trinajstić information content (AvgIpc) is 2.90. The summed E-state index contributed by atoms with van der Waals surface area (Å²) in [5.74, 6) is -0.625. The summed E-state index contributed by atoms with van der Waals surface area (Å²) < 4.78 is 0. The minimum Gasteiger partial charge on any atom is -0.369 e. The van der Waals surface area contributed by atoms with Crippen LogP contribution in [0.4, 0.5) is 0 Å². The van der Waals surface area contributed by atoms with E-state index in [4.69, 9.17) is 5.73 Å². The van der Waals surface area contributed by atoms with Gasteiger partial charge in [-0.05, 0) is 11.1 Å². The molecular weight excluding hydrogens is 320 g/mol. The Bertz CT molecular complexity index is 862. The summed E-state index contributed by atoms with van der Waals surface area (Å²) in [4.78, 5) is 23.8. The molecule has 0 atom stereocenters. The van der Waals surface area contributed by atoms with Gasteiger partial charge in [-0.3, -0.25) is 25.8 Å². The van der Waals surface area contributed by atoms with E-state index in [2.05, 4.69) is 26.7 Å². The van der Waals surface area contributed by atoms with E-state index in [1.807, 2.05) is 48.5 Å². The third kappa shape index (κ3) is 2.23. The quantitative estimate of drug-likeness (QED) is 0.483. The molecule has 0 radical (unpaired) electrons. The molecule has 8 nitrogen and oxygen atoms in total. The Morgan fingerprint density at radius 3 is 2.24 bits per heavy atom. The molecule has 0 aromatic heterocycles. The monoisotopic (exact) mass is 336 g/mol. The topological polar surface area (TPSA) is 121 Å². The Morgan fingerprint density at radius 1 is 1.08 bits per heavy atom. The molecule has 6 N–H and O–H groups in total. The lowest BCUT2D eigenvalue weighted by Gasteiger charge is -2.34. The van der Waals surface area contributed by atoms with Crippen molar-refractivity contribution in [2.75, 3.05) is 6.54 Å². The van der Waals surface area contributed by atoms with Gasteiger partial charge in [-0.2, -0.15) is 0 Å². The molecule has 8 heteroatoms. The van der Waals surface area contributed by atoms with Crippen LogP contribution in [0, 0.1) is 0 Å². The van der Waals surface area contributed by atoms with Crippen molar-refractivity contribution in [3.63, 3.8) is 0 Å².